The van der Waals surface area contributed by atoms with Gasteiger partial charge in [0.05, 0.1) is 0 Å². The van der Waals surface area contributed by atoms with Crippen LogP contribution in [-0.4, -0.2) is 34.8 Å². The summed E-state index contributed by atoms with van der Waals surface area (Å²) < 4.78 is 0. The lowest BCUT2D eigenvalue weighted by molar-refractivity contribution is -0.121. The number of carbonyl (C=O) groups is 3. The smallest absolute Gasteiger partial charge is 0.249 e. The molecule has 102 valence electrons. The molecule has 0 fully saturated rings. The first-order valence-corrected chi connectivity index (χ1v) is 6.54. The molecule has 1 amide bonds. The maximum atomic E-state index is 12.2. The number of ketones is 2. The van der Waals surface area contributed by atoms with Crippen LogP contribution in [0, 0.1) is 5.92 Å². The average molecular weight is 270 g/mol. The molecular weight excluding hydrogens is 256 g/mol. The number of hydrogen-bond acceptors (Lipinski definition) is 4. The first-order valence-electron chi connectivity index (χ1n) is 6.54. The van der Waals surface area contributed by atoms with Gasteiger partial charge in [0.25, 0.3) is 0 Å². The lowest BCUT2D eigenvalue weighted by Gasteiger charge is -2.30. The van der Waals surface area contributed by atoms with Gasteiger partial charge in [-0.1, -0.05) is 38.1 Å². The Hall–Kier alpha value is -2.30. The van der Waals surface area contributed by atoms with E-state index in [0.29, 0.717) is 17.5 Å². The minimum atomic E-state index is -0.594. The number of fused-ring (bicyclic) bond motifs is 3. The Kier molecular flexibility index (Phi) is 2.78. The fourth-order valence-corrected chi connectivity index (χ4v) is 2.86. The van der Waals surface area contributed by atoms with Gasteiger partial charge in [0, 0.05) is 5.56 Å². The third-order valence-electron chi connectivity index (χ3n) is 3.79. The summed E-state index contributed by atoms with van der Waals surface area (Å²) in [6.07, 6.45) is 0.321. The highest BCUT2D eigenvalue weighted by Crippen LogP contribution is 2.37. The van der Waals surface area contributed by atoms with Crippen molar-refractivity contribution in [3.8, 4) is 0 Å². The number of rotatable bonds is 2. The average Bonchev–Trinajstić information content (AvgIpc) is 2.84. The van der Waals surface area contributed by atoms with Gasteiger partial charge in [-0.05, 0) is 11.5 Å². The van der Waals surface area contributed by atoms with Gasteiger partial charge in [-0.25, -0.2) is 0 Å². The topological polar surface area (TPSA) is 66.8 Å². The van der Waals surface area contributed by atoms with Crippen LogP contribution in [0.25, 0.3) is 0 Å². The molecule has 0 aromatic heterocycles. The molecule has 0 N–H and O–H groups in total. The Morgan fingerprint density at radius 3 is 2.55 bits per heavy atom. The summed E-state index contributed by atoms with van der Waals surface area (Å²) in [7, 11) is 0. The maximum Gasteiger partial charge on any atom is 0.249 e. The highest BCUT2D eigenvalue weighted by molar-refractivity contribution is 6.70. The number of nitrogens with zero attached hydrogens (tertiary/aromatic N) is 2. The van der Waals surface area contributed by atoms with Crippen LogP contribution >= 0.6 is 0 Å². The number of aliphatic imine (C=N–C) groups is 1. The molecule has 0 saturated heterocycles. The SMILES string of the molecule is CC(C)C1N=C2C(=O)C(=O)c3ccccc3C2N1C=O. The van der Waals surface area contributed by atoms with Gasteiger partial charge in [0.2, 0.25) is 18.0 Å². The molecule has 5 nitrogen and oxygen atoms in total. The summed E-state index contributed by atoms with van der Waals surface area (Å²) in [6.45, 7) is 3.86. The molecule has 20 heavy (non-hydrogen) atoms. The first-order chi connectivity index (χ1) is 9.56. The van der Waals surface area contributed by atoms with E-state index in [1.165, 1.54) is 4.90 Å². The molecule has 1 aliphatic carbocycles. The summed E-state index contributed by atoms with van der Waals surface area (Å²) in [5.74, 6) is -1.05. The van der Waals surface area contributed by atoms with E-state index in [4.69, 9.17) is 0 Å². The number of carbonyl (C=O) groups excluding carboxylic acids is 3. The minimum absolute atomic E-state index is 0.0772. The maximum absolute atomic E-state index is 12.2. The lowest BCUT2D eigenvalue weighted by atomic mass is 9.84. The van der Waals surface area contributed by atoms with E-state index in [2.05, 4.69) is 4.99 Å². The van der Waals surface area contributed by atoms with Crippen molar-refractivity contribution in [3.05, 3.63) is 35.4 Å². The molecule has 0 radical (unpaired) electrons. The van der Waals surface area contributed by atoms with Crippen molar-refractivity contribution >= 4 is 23.7 Å². The predicted octanol–water partition coefficient (Wildman–Crippen LogP) is 1.39. The van der Waals surface area contributed by atoms with E-state index in [0.717, 1.165) is 0 Å². The summed E-state index contributed by atoms with van der Waals surface area (Å²) in [5.41, 5.74) is 1.25. The zero-order valence-corrected chi connectivity index (χ0v) is 11.2. The molecule has 5 heteroatoms. The molecule has 1 aromatic carbocycles. The zero-order valence-electron chi connectivity index (χ0n) is 11.2. The molecular formula is C15H14N2O3. The monoisotopic (exact) mass is 270 g/mol. The number of hydrogen-bond donors (Lipinski definition) is 0. The van der Waals surface area contributed by atoms with Gasteiger partial charge in [-0.15, -0.1) is 0 Å². The van der Waals surface area contributed by atoms with Gasteiger partial charge in [-0.3, -0.25) is 19.4 Å². The van der Waals surface area contributed by atoms with Crippen LogP contribution in [0.5, 0.6) is 0 Å². The Bertz CT molecular complexity index is 648. The minimum Gasteiger partial charge on any atom is -0.310 e. The fourth-order valence-electron chi connectivity index (χ4n) is 2.86. The molecule has 0 bridgehead atoms. The molecule has 1 aromatic rings. The summed E-state index contributed by atoms with van der Waals surface area (Å²) >= 11 is 0. The predicted molar refractivity (Wildman–Crippen MR) is 72.5 cm³/mol. The molecule has 1 heterocycles. The van der Waals surface area contributed by atoms with Crippen molar-refractivity contribution in [2.24, 2.45) is 10.9 Å². The molecule has 2 atom stereocenters. The quantitative estimate of drug-likeness (QED) is 0.602. The van der Waals surface area contributed by atoms with E-state index < -0.39 is 23.8 Å². The van der Waals surface area contributed by atoms with Crippen LogP contribution in [0.15, 0.2) is 29.3 Å². The Morgan fingerprint density at radius 1 is 1.20 bits per heavy atom. The Labute approximate surface area is 116 Å². The van der Waals surface area contributed by atoms with Gasteiger partial charge >= 0.3 is 0 Å². The lowest BCUT2D eigenvalue weighted by Crippen LogP contribution is -2.42. The van der Waals surface area contributed by atoms with Crippen LogP contribution < -0.4 is 0 Å². The zero-order chi connectivity index (χ0) is 14.4. The standard InChI is InChI=1S/C15H14N2O3/c1-8(2)15-16-11-12(17(15)7-18)9-5-3-4-6-10(9)13(19)14(11)20/h3-8,12,15H,1-2H3. The van der Waals surface area contributed by atoms with Gasteiger partial charge in [0.1, 0.15) is 17.9 Å². The highest BCUT2D eigenvalue weighted by atomic mass is 16.2. The van der Waals surface area contributed by atoms with Crippen molar-refractivity contribution in [3.63, 3.8) is 0 Å². The number of benzene rings is 1. The first kappa shape index (κ1) is 12.7. The van der Waals surface area contributed by atoms with E-state index in [9.17, 15) is 14.4 Å². The molecule has 2 unspecified atom stereocenters. The van der Waals surface area contributed by atoms with Crippen molar-refractivity contribution in [1.29, 1.82) is 0 Å². The Morgan fingerprint density at radius 2 is 1.90 bits per heavy atom. The second-order valence-corrected chi connectivity index (χ2v) is 5.37. The van der Waals surface area contributed by atoms with E-state index in [1.54, 1.807) is 24.3 Å². The van der Waals surface area contributed by atoms with Crippen LogP contribution in [0.2, 0.25) is 0 Å². The number of Topliss-reactive ketones (excluding diaryl/α,β-unsaturated/α-hetero) is 2. The third kappa shape index (κ3) is 1.56. The van der Waals surface area contributed by atoms with Crippen LogP contribution in [0.1, 0.15) is 35.8 Å². The van der Waals surface area contributed by atoms with Gasteiger partial charge in [-0.2, -0.15) is 0 Å². The van der Waals surface area contributed by atoms with Crippen LogP contribution in [-0.2, 0) is 9.59 Å². The third-order valence-corrected chi connectivity index (χ3v) is 3.79. The van der Waals surface area contributed by atoms with Gasteiger partial charge in [0.15, 0.2) is 0 Å². The second-order valence-electron chi connectivity index (χ2n) is 5.37. The molecule has 3 rings (SSSR count). The molecule has 1 aliphatic heterocycles. The normalized spacial score (nSPS) is 24.6. The van der Waals surface area contributed by atoms with Gasteiger partial charge < -0.3 is 4.90 Å². The number of amides is 1. The highest BCUT2D eigenvalue weighted by Gasteiger charge is 2.47. The van der Waals surface area contributed by atoms with Crippen molar-refractivity contribution in [2.45, 2.75) is 26.1 Å². The Balaban J connectivity index is 2.21. The molecule has 0 saturated carbocycles. The second kappa shape index (κ2) is 4.37. The van der Waals surface area contributed by atoms with Crippen LogP contribution in [0.3, 0.4) is 0 Å². The summed E-state index contributed by atoms with van der Waals surface area (Å²) in [4.78, 5) is 41.6. The van der Waals surface area contributed by atoms with E-state index >= 15 is 0 Å². The summed E-state index contributed by atoms with van der Waals surface area (Å²) in [6, 6.07) is 6.38. The van der Waals surface area contributed by atoms with E-state index in [-0.39, 0.29) is 11.6 Å². The van der Waals surface area contributed by atoms with E-state index in [1.807, 2.05) is 13.8 Å². The van der Waals surface area contributed by atoms with Crippen molar-refractivity contribution < 1.29 is 14.4 Å². The van der Waals surface area contributed by atoms with Crippen molar-refractivity contribution in [1.82, 2.24) is 4.90 Å². The molecule has 2 aliphatic rings. The fraction of sp³-hybridized carbons (Fsp3) is 0.333. The molecule has 0 spiro atoms. The summed E-state index contributed by atoms with van der Waals surface area (Å²) in [5, 5.41) is 0. The largest absolute Gasteiger partial charge is 0.310 e. The van der Waals surface area contributed by atoms with Crippen molar-refractivity contribution in [2.75, 3.05) is 0 Å². The van der Waals surface area contributed by atoms with Crippen LogP contribution in [0.4, 0.5) is 0 Å².